The van der Waals surface area contributed by atoms with Gasteiger partial charge >= 0.3 is 0 Å². The predicted octanol–water partition coefficient (Wildman–Crippen LogP) is 1.50. The Morgan fingerprint density at radius 1 is 1.06 bits per heavy atom. The van der Waals surface area contributed by atoms with Crippen LogP contribution in [-0.2, 0) is 0 Å². The maximum absolute atomic E-state index is 9.35. The second-order valence-electron chi connectivity index (χ2n) is 3.34. The van der Waals surface area contributed by atoms with Crippen molar-refractivity contribution < 1.29 is 5.11 Å². The van der Waals surface area contributed by atoms with Crippen molar-refractivity contribution in [3.05, 3.63) is 42.9 Å². The molecule has 16 heavy (non-hydrogen) atoms. The Hall–Kier alpha value is -2.43. The Morgan fingerprint density at radius 3 is 2.69 bits per heavy atom. The Kier molecular flexibility index (Phi) is 1.83. The zero-order valence-corrected chi connectivity index (χ0v) is 8.28. The van der Waals surface area contributed by atoms with E-state index in [0.29, 0.717) is 5.65 Å². The zero-order valence-electron chi connectivity index (χ0n) is 8.28. The largest absolute Gasteiger partial charge is 0.492 e. The van der Waals surface area contributed by atoms with Crippen LogP contribution in [0.5, 0.6) is 5.88 Å². The Morgan fingerprint density at radius 2 is 1.88 bits per heavy atom. The highest BCUT2D eigenvalue weighted by molar-refractivity contribution is 5.62. The Labute approximate surface area is 91.0 Å². The van der Waals surface area contributed by atoms with Crippen LogP contribution in [0.4, 0.5) is 0 Å². The van der Waals surface area contributed by atoms with E-state index in [0.717, 1.165) is 11.3 Å². The molecule has 0 unspecified atom stereocenters. The lowest BCUT2D eigenvalue weighted by Crippen LogP contribution is -1.93. The lowest BCUT2D eigenvalue weighted by molar-refractivity contribution is 0.442. The lowest BCUT2D eigenvalue weighted by atomic mass is 10.2. The number of fused-ring (bicyclic) bond motifs is 1. The number of hydrogen-bond acceptors (Lipinski definition) is 4. The molecule has 1 N–H and O–H groups in total. The number of aromatic hydroxyl groups is 1. The van der Waals surface area contributed by atoms with E-state index in [4.69, 9.17) is 0 Å². The standard InChI is InChI=1S/C11H8N4O/c16-11-2-1-10-13-7-9(15(10)14-11)8-3-5-12-6-4-8/h1-7H,(H,14,16). The summed E-state index contributed by atoms with van der Waals surface area (Å²) < 4.78 is 1.60. The summed E-state index contributed by atoms with van der Waals surface area (Å²) in [5.41, 5.74) is 2.48. The van der Waals surface area contributed by atoms with Gasteiger partial charge in [0.25, 0.3) is 0 Å². The van der Waals surface area contributed by atoms with Crippen molar-refractivity contribution >= 4 is 5.65 Å². The third kappa shape index (κ3) is 1.30. The molecule has 0 aromatic carbocycles. The minimum Gasteiger partial charge on any atom is -0.492 e. The minimum atomic E-state index is -0.0270. The Bertz CT molecular complexity index is 633. The molecule has 0 aliphatic carbocycles. The second-order valence-corrected chi connectivity index (χ2v) is 3.34. The molecular weight excluding hydrogens is 204 g/mol. The second kappa shape index (κ2) is 3.30. The van der Waals surface area contributed by atoms with Gasteiger partial charge in [0.2, 0.25) is 5.88 Å². The van der Waals surface area contributed by atoms with E-state index in [2.05, 4.69) is 15.1 Å². The summed E-state index contributed by atoms with van der Waals surface area (Å²) in [6, 6.07) is 6.97. The maximum Gasteiger partial charge on any atom is 0.229 e. The van der Waals surface area contributed by atoms with Gasteiger partial charge in [0, 0.05) is 24.0 Å². The molecule has 5 nitrogen and oxygen atoms in total. The van der Waals surface area contributed by atoms with Gasteiger partial charge in [-0.1, -0.05) is 0 Å². The number of pyridine rings is 1. The van der Waals surface area contributed by atoms with Crippen LogP contribution in [0.2, 0.25) is 0 Å². The molecule has 0 saturated heterocycles. The van der Waals surface area contributed by atoms with Gasteiger partial charge in [0.05, 0.1) is 11.9 Å². The van der Waals surface area contributed by atoms with E-state index in [1.807, 2.05) is 12.1 Å². The zero-order chi connectivity index (χ0) is 11.0. The molecule has 0 amide bonds. The molecule has 0 aliphatic heterocycles. The van der Waals surface area contributed by atoms with Crippen molar-refractivity contribution in [2.45, 2.75) is 0 Å². The van der Waals surface area contributed by atoms with Crippen LogP contribution < -0.4 is 0 Å². The summed E-state index contributed by atoms with van der Waals surface area (Å²) >= 11 is 0. The third-order valence-electron chi connectivity index (χ3n) is 2.32. The van der Waals surface area contributed by atoms with Crippen molar-refractivity contribution in [1.82, 2.24) is 19.6 Å². The molecule has 5 heteroatoms. The van der Waals surface area contributed by atoms with Crippen molar-refractivity contribution in [3.63, 3.8) is 0 Å². The minimum absolute atomic E-state index is 0.0270. The molecular formula is C11H8N4O. The third-order valence-corrected chi connectivity index (χ3v) is 2.32. The SMILES string of the molecule is Oc1ccc2ncc(-c3ccncc3)n2n1. The van der Waals surface area contributed by atoms with E-state index in [-0.39, 0.29) is 5.88 Å². The number of nitrogens with zero attached hydrogens (tertiary/aromatic N) is 4. The first-order chi connectivity index (χ1) is 7.84. The molecule has 3 rings (SSSR count). The molecule has 0 bridgehead atoms. The average Bonchev–Trinajstić information content (AvgIpc) is 2.73. The molecule has 0 atom stereocenters. The topological polar surface area (TPSA) is 63.3 Å². The number of hydrogen-bond donors (Lipinski definition) is 1. The summed E-state index contributed by atoms with van der Waals surface area (Å²) in [4.78, 5) is 8.16. The highest BCUT2D eigenvalue weighted by Gasteiger charge is 2.06. The lowest BCUT2D eigenvalue weighted by Gasteiger charge is -2.00. The van der Waals surface area contributed by atoms with Gasteiger partial charge in [0.1, 0.15) is 0 Å². The number of imidazole rings is 1. The molecule has 0 aliphatic rings. The highest BCUT2D eigenvalue weighted by Crippen LogP contribution is 2.19. The van der Waals surface area contributed by atoms with Gasteiger partial charge in [-0.15, -0.1) is 5.10 Å². The fourth-order valence-corrected chi connectivity index (χ4v) is 1.58. The highest BCUT2D eigenvalue weighted by atomic mass is 16.3. The smallest absolute Gasteiger partial charge is 0.229 e. The molecule has 0 radical (unpaired) electrons. The van der Waals surface area contributed by atoms with Gasteiger partial charge in [-0.25, -0.2) is 9.50 Å². The maximum atomic E-state index is 9.35. The molecule has 0 saturated carbocycles. The van der Waals surface area contributed by atoms with Crippen LogP contribution in [0.15, 0.2) is 42.9 Å². The van der Waals surface area contributed by atoms with E-state index in [1.165, 1.54) is 6.07 Å². The number of aromatic nitrogens is 4. The monoisotopic (exact) mass is 212 g/mol. The summed E-state index contributed by atoms with van der Waals surface area (Å²) in [7, 11) is 0. The molecule has 78 valence electrons. The van der Waals surface area contributed by atoms with Crippen LogP contribution in [0.25, 0.3) is 16.9 Å². The molecule has 0 spiro atoms. The van der Waals surface area contributed by atoms with E-state index in [9.17, 15) is 5.11 Å². The first-order valence-corrected chi connectivity index (χ1v) is 4.79. The van der Waals surface area contributed by atoms with Crippen LogP contribution >= 0.6 is 0 Å². The van der Waals surface area contributed by atoms with Crippen LogP contribution in [0.3, 0.4) is 0 Å². The van der Waals surface area contributed by atoms with Gasteiger partial charge in [0.15, 0.2) is 5.65 Å². The molecule has 0 fully saturated rings. The van der Waals surface area contributed by atoms with Crippen LogP contribution in [-0.4, -0.2) is 24.7 Å². The van der Waals surface area contributed by atoms with Crippen molar-refractivity contribution in [1.29, 1.82) is 0 Å². The van der Waals surface area contributed by atoms with Crippen LogP contribution in [0.1, 0.15) is 0 Å². The first kappa shape index (κ1) is 8.84. The van der Waals surface area contributed by atoms with Crippen molar-refractivity contribution in [2.24, 2.45) is 0 Å². The summed E-state index contributed by atoms with van der Waals surface area (Å²) in [5, 5.41) is 13.3. The van der Waals surface area contributed by atoms with Gasteiger partial charge < -0.3 is 5.11 Å². The molecule has 3 aromatic rings. The normalized spacial score (nSPS) is 10.8. The summed E-state index contributed by atoms with van der Waals surface area (Å²) in [6.45, 7) is 0. The fraction of sp³-hybridized carbons (Fsp3) is 0. The van der Waals surface area contributed by atoms with E-state index >= 15 is 0 Å². The van der Waals surface area contributed by atoms with E-state index in [1.54, 1.807) is 29.2 Å². The van der Waals surface area contributed by atoms with Crippen LogP contribution in [0, 0.1) is 0 Å². The molecule has 3 heterocycles. The predicted molar refractivity (Wildman–Crippen MR) is 57.9 cm³/mol. The van der Waals surface area contributed by atoms with Crippen molar-refractivity contribution in [2.75, 3.05) is 0 Å². The average molecular weight is 212 g/mol. The summed E-state index contributed by atoms with van der Waals surface area (Å²) in [5.74, 6) is -0.0270. The van der Waals surface area contributed by atoms with Crippen molar-refractivity contribution in [3.8, 4) is 17.1 Å². The summed E-state index contributed by atoms with van der Waals surface area (Å²) in [6.07, 6.45) is 5.13. The molecule has 3 aromatic heterocycles. The Balaban J connectivity index is 2.29. The number of rotatable bonds is 1. The van der Waals surface area contributed by atoms with Gasteiger partial charge in [-0.3, -0.25) is 4.98 Å². The van der Waals surface area contributed by atoms with Gasteiger partial charge in [-0.05, 0) is 18.2 Å². The first-order valence-electron chi connectivity index (χ1n) is 4.79. The fourth-order valence-electron chi connectivity index (χ4n) is 1.58. The quantitative estimate of drug-likeness (QED) is 0.663. The van der Waals surface area contributed by atoms with E-state index < -0.39 is 0 Å². The van der Waals surface area contributed by atoms with Gasteiger partial charge in [-0.2, -0.15) is 0 Å².